The van der Waals surface area contributed by atoms with Crippen molar-refractivity contribution < 1.29 is 17.9 Å². The van der Waals surface area contributed by atoms with E-state index in [4.69, 9.17) is 35.8 Å². The number of aromatic nitrogens is 1. The molecule has 142 valence electrons. The van der Waals surface area contributed by atoms with Gasteiger partial charge in [-0.15, -0.1) is 0 Å². The maximum absolute atomic E-state index is 8.29. The van der Waals surface area contributed by atoms with Crippen molar-refractivity contribution in [2.24, 2.45) is 5.73 Å². The fourth-order valence-corrected chi connectivity index (χ4v) is 2.58. The molecule has 1 heterocycles. The molecule has 0 aliphatic rings. The Labute approximate surface area is 166 Å². The van der Waals surface area contributed by atoms with Gasteiger partial charge in [-0.3, -0.25) is 0 Å². The number of hydrogen-bond acceptors (Lipinski definition) is 5. The van der Waals surface area contributed by atoms with Gasteiger partial charge in [-0.2, -0.15) is 8.42 Å². The minimum Gasteiger partial charge on any atom is -0.489 e. The fraction of sp³-hybridized carbons (Fsp3) is 0.211. The average molecular weight is 405 g/mol. The van der Waals surface area contributed by atoms with Gasteiger partial charge in [0.15, 0.2) is 0 Å². The first-order valence-electron chi connectivity index (χ1n) is 8.13. The maximum atomic E-state index is 8.29. The predicted molar refractivity (Wildman–Crippen MR) is 110 cm³/mol. The zero-order valence-corrected chi connectivity index (χ0v) is 16.8. The molecule has 0 aliphatic carbocycles. The SMILES string of the molecule is Cc1ccc(Oc2cc(OC(C)C)c3[nH]c(C(N)=S)cc3c2)cc1.O=S=O. The maximum Gasteiger partial charge on any atom is 0.335 e. The average Bonchev–Trinajstić information content (AvgIpc) is 3.02. The summed E-state index contributed by atoms with van der Waals surface area (Å²) in [7, 11) is 0. The van der Waals surface area contributed by atoms with Crippen LogP contribution in [0, 0.1) is 6.92 Å². The fourth-order valence-electron chi connectivity index (χ4n) is 2.47. The van der Waals surface area contributed by atoms with Crippen LogP contribution in [0.15, 0.2) is 42.5 Å². The summed E-state index contributed by atoms with van der Waals surface area (Å²) in [5.74, 6) is 2.20. The summed E-state index contributed by atoms with van der Waals surface area (Å²) in [5, 5.41) is 0.943. The van der Waals surface area contributed by atoms with Gasteiger partial charge in [0.25, 0.3) is 0 Å². The summed E-state index contributed by atoms with van der Waals surface area (Å²) in [5.41, 5.74) is 8.49. The molecular formula is C19H20N2O4S2. The van der Waals surface area contributed by atoms with Crippen LogP contribution in [0.5, 0.6) is 17.2 Å². The molecule has 0 bridgehead atoms. The molecule has 3 N–H and O–H groups in total. The Hall–Kier alpha value is -2.71. The third-order valence-corrected chi connectivity index (χ3v) is 3.77. The number of benzene rings is 2. The number of thiocarbonyl (C=S) groups is 1. The molecule has 0 aliphatic heterocycles. The molecule has 0 radical (unpaired) electrons. The zero-order chi connectivity index (χ0) is 20.0. The highest BCUT2D eigenvalue weighted by Crippen LogP contribution is 2.34. The minimum absolute atomic E-state index is 0.0411. The molecule has 0 saturated carbocycles. The molecule has 1 aromatic heterocycles. The van der Waals surface area contributed by atoms with E-state index in [0.717, 1.165) is 16.7 Å². The highest BCUT2D eigenvalue weighted by molar-refractivity contribution is 7.80. The number of fused-ring (bicyclic) bond motifs is 1. The molecule has 6 nitrogen and oxygen atoms in total. The Bertz CT molecular complexity index is 975. The molecule has 0 fully saturated rings. The number of ether oxygens (including phenoxy) is 2. The van der Waals surface area contributed by atoms with Gasteiger partial charge in [-0.05, 0) is 45.0 Å². The summed E-state index contributed by atoms with van der Waals surface area (Å²) in [4.78, 5) is 3.54. The van der Waals surface area contributed by atoms with Crippen molar-refractivity contribution in [2.75, 3.05) is 0 Å². The van der Waals surface area contributed by atoms with Crippen molar-refractivity contribution in [3.05, 3.63) is 53.7 Å². The van der Waals surface area contributed by atoms with E-state index in [2.05, 4.69) is 4.98 Å². The van der Waals surface area contributed by atoms with E-state index in [0.29, 0.717) is 22.2 Å². The van der Waals surface area contributed by atoms with Crippen LogP contribution in [-0.4, -0.2) is 24.5 Å². The van der Waals surface area contributed by atoms with Crippen molar-refractivity contribution in [3.63, 3.8) is 0 Å². The summed E-state index contributed by atoms with van der Waals surface area (Å²) in [6, 6.07) is 13.6. The van der Waals surface area contributed by atoms with Crippen LogP contribution >= 0.6 is 12.2 Å². The van der Waals surface area contributed by atoms with Gasteiger partial charge in [-0.1, -0.05) is 29.9 Å². The minimum atomic E-state index is -0.750. The number of H-pyrrole nitrogens is 1. The molecule has 0 spiro atoms. The molecular weight excluding hydrogens is 384 g/mol. The van der Waals surface area contributed by atoms with Crippen LogP contribution in [-0.2, 0) is 11.6 Å². The lowest BCUT2D eigenvalue weighted by atomic mass is 10.2. The molecule has 3 rings (SSSR count). The van der Waals surface area contributed by atoms with E-state index in [-0.39, 0.29) is 6.10 Å². The molecule has 27 heavy (non-hydrogen) atoms. The van der Waals surface area contributed by atoms with Crippen LogP contribution in [0.25, 0.3) is 10.9 Å². The van der Waals surface area contributed by atoms with E-state index >= 15 is 0 Å². The Morgan fingerprint density at radius 3 is 2.30 bits per heavy atom. The first-order chi connectivity index (χ1) is 12.8. The number of nitrogens with one attached hydrogen (secondary N) is 1. The Balaban J connectivity index is 0.000000817. The van der Waals surface area contributed by atoms with Gasteiger partial charge in [0.2, 0.25) is 0 Å². The van der Waals surface area contributed by atoms with Gasteiger partial charge in [0.1, 0.15) is 22.2 Å². The highest BCUT2D eigenvalue weighted by Gasteiger charge is 2.13. The molecule has 0 unspecified atom stereocenters. The van der Waals surface area contributed by atoms with Crippen molar-refractivity contribution >= 4 is 39.7 Å². The molecule has 2 aromatic carbocycles. The standard InChI is InChI=1S/C19H20N2O2S.O2S/c1-11(2)22-17-10-15(23-14-6-4-12(3)5-7-14)8-13-9-16(19(20)24)21-18(13)17;1-3-2/h4-11,21H,1-3H3,(H2,20,24);. The number of aryl methyl sites for hydroxylation is 1. The normalized spacial score (nSPS) is 10.2. The quantitative estimate of drug-likeness (QED) is 0.624. The molecule has 0 atom stereocenters. The summed E-state index contributed by atoms with van der Waals surface area (Å²) in [6.45, 7) is 6.01. The van der Waals surface area contributed by atoms with E-state index in [1.54, 1.807) is 0 Å². The largest absolute Gasteiger partial charge is 0.489 e. The number of aromatic amines is 1. The number of nitrogens with two attached hydrogens (primary N) is 1. The van der Waals surface area contributed by atoms with Crippen molar-refractivity contribution in [3.8, 4) is 17.2 Å². The van der Waals surface area contributed by atoms with Crippen molar-refractivity contribution in [2.45, 2.75) is 26.9 Å². The lowest BCUT2D eigenvalue weighted by Crippen LogP contribution is -2.09. The van der Waals surface area contributed by atoms with Gasteiger partial charge in [0, 0.05) is 11.5 Å². The number of hydrogen-bond donors (Lipinski definition) is 2. The lowest BCUT2D eigenvalue weighted by molar-refractivity contribution is 0.244. The third-order valence-electron chi connectivity index (χ3n) is 3.55. The van der Waals surface area contributed by atoms with Crippen LogP contribution < -0.4 is 15.2 Å². The van der Waals surface area contributed by atoms with E-state index < -0.39 is 11.6 Å². The zero-order valence-electron chi connectivity index (χ0n) is 15.1. The first-order valence-corrected chi connectivity index (χ1v) is 9.21. The molecule has 0 saturated heterocycles. The summed E-state index contributed by atoms with van der Waals surface area (Å²) < 4.78 is 28.5. The smallest absolute Gasteiger partial charge is 0.335 e. The predicted octanol–water partition coefficient (Wildman–Crippen LogP) is 4.02. The Morgan fingerprint density at radius 1 is 1.11 bits per heavy atom. The van der Waals surface area contributed by atoms with E-state index in [9.17, 15) is 0 Å². The van der Waals surface area contributed by atoms with Crippen LogP contribution in [0.3, 0.4) is 0 Å². The van der Waals surface area contributed by atoms with Gasteiger partial charge >= 0.3 is 11.6 Å². The lowest BCUT2D eigenvalue weighted by Gasteiger charge is -2.13. The van der Waals surface area contributed by atoms with Gasteiger partial charge in [-0.25, -0.2) is 0 Å². The first kappa shape index (κ1) is 20.6. The summed E-state index contributed by atoms with van der Waals surface area (Å²) >= 11 is 4.31. The van der Waals surface area contributed by atoms with Crippen LogP contribution in [0.4, 0.5) is 0 Å². The topological polar surface area (TPSA) is 94.4 Å². The molecule has 3 aromatic rings. The monoisotopic (exact) mass is 404 g/mol. The molecule has 8 heteroatoms. The molecule has 0 amide bonds. The van der Waals surface area contributed by atoms with E-state index in [1.165, 1.54) is 5.56 Å². The highest BCUT2D eigenvalue weighted by atomic mass is 32.1. The van der Waals surface area contributed by atoms with E-state index in [1.807, 2.05) is 63.2 Å². The third kappa shape index (κ3) is 5.63. The Kier molecular flexibility index (Phi) is 7.09. The van der Waals surface area contributed by atoms with Crippen LogP contribution in [0.2, 0.25) is 0 Å². The van der Waals surface area contributed by atoms with Crippen LogP contribution in [0.1, 0.15) is 25.1 Å². The van der Waals surface area contributed by atoms with Crippen molar-refractivity contribution in [1.82, 2.24) is 4.98 Å². The van der Waals surface area contributed by atoms with Crippen molar-refractivity contribution in [1.29, 1.82) is 0 Å². The van der Waals surface area contributed by atoms with Gasteiger partial charge < -0.3 is 20.2 Å². The second kappa shape index (κ2) is 9.29. The number of rotatable bonds is 5. The second-order valence-electron chi connectivity index (χ2n) is 6.08. The second-order valence-corrected chi connectivity index (χ2v) is 6.66. The summed E-state index contributed by atoms with van der Waals surface area (Å²) in [6.07, 6.45) is 0.0411. The van der Waals surface area contributed by atoms with Gasteiger partial charge in [0.05, 0.1) is 17.3 Å². The Morgan fingerprint density at radius 2 is 1.74 bits per heavy atom.